The number of rotatable bonds is 7. The number of phenolic OH excluding ortho intramolecular Hbond substituents is 1. The number of hydrogen-bond donors (Lipinski definition) is 2. The van der Waals surface area contributed by atoms with Crippen molar-refractivity contribution >= 4 is 23.8 Å². The van der Waals surface area contributed by atoms with E-state index >= 15 is 0 Å². The van der Waals surface area contributed by atoms with Crippen LogP contribution in [0.25, 0.3) is 0 Å². The average Bonchev–Trinajstić information content (AvgIpc) is 2.80. The lowest BCUT2D eigenvalue weighted by Gasteiger charge is -2.10. The number of ether oxygens (including phenoxy) is 2. The maximum atomic E-state index is 12.3. The minimum Gasteiger partial charge on any atom is -0.507 e. The van der Waals surface area contributed by atoms with Crippen LogP contribution in [0.1, 0.15) is 26.3 Å². The number of carbonyl (C=O) groups is 2. The number of benzene rings is 3. The van der Waals surface area contributed by atoms with E-state index in [2.05, 4.69) is 10.5 Å². The van der Waals surface area contributed by atoms with Crippen LogP contribution in [0.15, 0.2) is 71.8 Å². The van der Waals surface area contributed by atoms with Gasteiger partial charge in [-0.1, -0.05) is 12.1 Å². The number of hydrazone groups is 1. The molecule has 3 rings (SSSR count). The van der Waals surface area contributed by atoms with Crippen molar-refractivity contribution in [3.8, 4) is 17.2 Å². The minimum atomic E-state index is -0.713. The van der Waals surface area contributed by atoms with E-state index in [-0.39, 0.29) is 34.1 Å². The van der Waals surface area contributed by atoms with Gasteiger partial charge in [0.15, 0.2) is 11.5 Å². The summed E-state index contributed by atoms with van der Waals surface area (Å²) in [7, 11) is 1.39. The molecule has 0 aliphatic heterocycles. The molecule has 0 unspecified atom stereocenters. The standard InChI is InChI=1S/C22H17N3O7/c1-31-20-12-14(13-23-24-21(27)17-4-2-3-5-18(17)26)6-11-19(20)32-22(28)15-7-9-16(10-8-15)25(29)30/h2-13,26H,1H3,(H,24,27)/b23-13+. The van der Waals surface area contributed by atoms with E-state index in [4.69, 9.17) is 9.47 Å². The van der Waals surface area contributed by atoms with Crippen LogP contribution in [0, 0.1) is 10.1 Å². The van der Waals surface area contributed by atoms with E-state index in [1.807, 2.05) is 0 Å². The number of carbonyl (C=O) groups excluding carboxylic acids is 2. The highest BCUT2D eigenvalue weighted by molar-refractivity contribution is 5.97. The minimum absolute atomic E-state index is 0.0794. The van der Waals surface area contributed by atoms with E-state index in [0.29, 0.717) is 5.56 Å². The summed E-state index contributed by atoms with van der Waals surface area (Å²) in [6, 6.07) is 15.6. The Morgan fingerprint density at radius 2 is 1.78 bits per heavy atom. The summed E-state index contributed by atoms with van der Waals surface area (Å²) in [5.74, 6) is -1.10. The molecule has 0 aliphatic rings. The number of nitrogens with one attached hydrogen (secondary N) is 1. The molecule has 2 N–H and O–H groups in total. The Kier molecular flexibility index (Phi) is 6.76. The number of nitro groups is 1. The number of phenols is 1. The molecule has 162 valence electrons. The fourth-order valence-corrected chi connectivity index (χ4v) is 2.62. The molecule has 0 atom stereocenters. The lowest BCUT2D eigenvalue weighted by atomic mass is 10.2. The zero-order valence-corrected chi connectivity index (χ0v) is 16.7. The third-order valence-corrected chi connectivity index (χ3v) is 4.23. The molecule has 3 aromatic rings. The van der Waals surface area contributed by atoms with Gasteiger partial charge >= 0.3 is 5.97 Å². The molecule has 32 heavy (non-hydrogen) atoms. The van der Waals surface area contributed by atoms with Gasteiger partial charge in [-0.3, -0.25) is 14.9 Å². The summed E-state index contributed by atoms with van der Waals surface area (Å²) in [5, 5.41) is 24.2. The van der Waals surface area contributed by atoms with E-state index < -0.39 is 16.8 Å². The molecule has 0 aliphatic carbocycles. The highest BCUT2D eigenvalue weighted by atomic mass is 16.6. The Hall–Kier alpha value is -4.73. The van der Waals surface area contributed by atoms with Gasteiger partial charge in [0, 0.05) is 12.1 Å². The molecular formula is C22H17N3O7. The van der Waals surface area contributed by atoms with Crippen molar-refractivity contribution in [2.75, 3.05) is 7.11 Å². The zero-order valence-electron chi connectivity index (χ0n) is 16.7. The van der Waals surface area contributed by atoms with Crippen LogP contribution in [0.4, 0.5) is 5.69 Å². The summed E-state index contributed by atoms with van der Waals surface area (Å²) in [5.41, 5.74) is 2.91. The zero-order chi connectivity index (χ0) is 23.1. The average molecular weight is 435 g/mol. The fraction of sp³-hybridized carbons (Fsp3) is 0.0455. The van der Waals surface area contributed by atoms with Crippen LogP contribution in [-0.4, -0.2) is 35.2 Å². The molecule has 0 heterocycles. The first kappa shape index (κ1) is 22.0. The molecule has 0 aromatic heterocycles. The first-order chi connectivity index (χ1) is 15.4. The topological polar surface area (TPSA) is 140 Å². The predicted molar refractivity (Wildman–Crippen MR) is 114 cm³/mol. The van der Waals surface area contributed by atoms with Crippen molar-refractivity contribution < 1.29 is 29.1 Å². The Morgan fingerprint density at radius 1 is 1.06 bits per heavy atom. The van der Waals surface area contributed by atoms with Crippen molar-refractivity contribution in [2.24, 2.45) is 5.10 Å². The van der Waals surface area contributed by atoms with Gasteiger partial charge < -0.3 is 14.6 Å². The van der Waals surface area contributed by atoms with Gasteiger partial charge in [0.25, 0.3) is 11.6 Å². The summed E-state index contributed by atoms with van der Waals surface area (Å²) in [6.07, 6.45) is 1.35. The Labute approximate surface area is 181 Å². The molecule has 0 saturated heterocycles. The molecular weight excluding hydrogens is 418 g/mol. The highest BCUT2D eigenvalue weighted by Gasteiger charge is 2.15. The first-order valence-electron chi connectivity index (χ1n) is 9.15. The second kappa shape index (κ2) is 9.85. The van der Waals surface area contributed by atoms with Gasteiger partial charge in [-0.25, -0.2) is 10.2 Å². The Balaban J connectivity index is 1.68. The van der Waals surface area contributed by atoms with Crippen LogP contribution >= 0.6 is 0 Å². The molecule has 10 nitrogen and oxygen atoms in total. The largest absolute Gasteiger partial charge is 0.507 e. The van der Waals surface area contributed by atoms with Gasteiger partial charge in [-0.2, -0.15) is 5.10 Å². The van der Waals surface area contributed by atoms with Gasteiger partial charge in [-0.15, -0.1) is 0 Å². The molecule has 0 saturated carbocycles. The number of non-ortho nitro benzene ring substituents is 1. The van der Waals surface area contributed by atoms with Crippen LogP contribution < -0.4 is 14.9 Å². The second-order valence-electron chi connectivity index (χ2n) is 6.32. The van der Waals surface area contributed by atoms with Crippen LogP contribution in [0.2, 0.25) is 0 Å². The molecule has 0 bridgehead atoms. The van der Waals surface area contributed by atoms with Crippen molar-refractivity contribution in [2.45, 2.75) is 0 Å². The third kappa shape index (κ3) is 5.25. The smallest absolute Gasteiger partial charge is 0.343 e. The van der Waals surface area contributed by atoms with Crippen molar-refractivity contribution in [1.29, 1.82) is 0 Å². The Bertz CT molecular complexity index is 1190. The predicted octanol–water partition coefficient (Wildman–Crippen LogP) is 3.29. The normalized spacial score (nSPS) is 10.5. The van der Waals surface area contributed by atoms with E-state index in [0.717, 1.165) is 0 Å². The Morgan fingerprint density at radius 3 is 2.44 bits per heavy atom. The van der Waals surface area contributed by atoms with Gasteiger partial charge in [0.1, 0.15) is 5.75 Å². The number of methoxy groups -OCH3 is 1. The summed E-state index contributed by atoms with van der Waals surface area (Å²) in [6.45, 7) is 0. The second-order valence-corrected chi connectivity index (χ2v) is 6.32. The van der Waals surface area contributed by atoms with Crippen molar-refractivity contribution in [1.82, 2.24) is 5.43 Å². The molecule has 0 fully saturated rings. The summed E-state index contributed by atoms with van der Waals surface area (Å²) >= 11 is 0. The molecule has 0 spiro atoms. The maximum absolute atomic E-state index is 12.3. The molecule has 1 amide bonds. The highest BCUT2D eigenvalue weighted by Crippen LogP contribution is 2.28. The fourth-order valence-electron chi connectivity index (χ4n) is 2.62. The lowest BCUT2D eigenvalue weighted by Crippen LogP contribution is -2.17. The van der Waals surface area contributed by atoms with Crippen LogP contribution in [0.3, 0.4) is 0 Å². The summed E-state index contributed by atoms with van der Waals surface area (Å²) in [4.78, 5) is 34.5. The SMILES string of the molecule is COc1cc(/C=N/NC(=O)c2ccccc2O)ccc1OC(=O)c1ccc([N+](=O)[O-])cc1. The van der Waals surface area contributed by atoms with Crippen molar-refractivity contribution in [3.05, 3.63) is 93.5 Å². The number of hydrogen-bond acceptors (Lipinski definition) is 8. The molecule has 10 heteroatoms. The lowest BCUT2D eigenvalue weighted by molar-refractivity contribution is -0.384. The van der Waals surface area contributed by atoms with Crippen molar-refractivity contribution in [3.63, 3.8) is 0 Å². The van der Waals surface area contributed by atoms with Gasteiger partial charge in [0.2, 0.25) is 0 Å². The number of aromatic hydroxyl groups is 1. The number of para-hydroxylation sites is 1. The van der Waals surface area contributed by atoms with E-state index in [9.17, 15) is 24.8 Å². The van der Waals surface area contributed by atoms with Gasteiger partial charge in [-0.05, 0) is 48.0 Å². The number of nitrogens with zero attached hydrogens (tertiary/aromatic N) is 2. The third-order valence-electron chi connectivity index (χ3n) is 4.23. The van der Waals surface area contributed by atoms with Gasteiger partial charge in [0.05, 0.1) is 29.4 Å². The maximum Gasteiger partial charge on any atom is 0.343 e. The van der Waals surface area contributed by atoms with E-state index in [1.165, 1.54) is 61.9 Å². The monoisotopic (exact) mass is 435 g/mol. The number of amides is 1. The quantitative estimate of drug-likeness (QED) is 0.191. The summed E-state index contributed by atoms with van der Waals surface area (Å²) < 4.78 is 10.6. The van der Waals surface area contributed by atoms with Crippen LogP contribution in [-0.2, 0) is 0 Å². The molecule has 3 aromatic carbocycles. The first-order valence-corrected chi connectivity index (χ1v) is 9.15. The van der Waals surface area contributed by atoms with Crippen LogP contribution in [0.5, 0.6) is 17.2 Å². The molecule has 0 radical (unpaired) electrons. The van der Waals surface area contributed by atoms with E-state index in [1.54, 1.807) is 18.2 Å². The number of nitro benzene ring substituents is 1. The number of esters is 1.